The van der Waals surface area contributed by atoms with E-state index in [1.54, 1.807) is 56.7 Å². The van der Waals surface area contributed by atoms with Crippen molar-refractivity contribution in [2.24, 2.45) is 0 Å². The van der Waals surface area contributed by atoms with Gasteiger partial charge < -0.3 is 18.9 Å². The Bertz CT molecular complexity index is 619. The molecule has 0 aliphatic rings. The van der Waals surface area contributed by atoms with Crippen LogP contribution in [0.3, 0.4) is 0 Å². The lowest BCUT2D eigenvalue weighted by molar-refractivity contribution is 0.0731. The number of hydrogen-bond acceptors (Lipinski definition) is 5. The van der Waals surface area contributed by atoms with Gasteiger partial charge in [0.15, 0.2) is 0 Å². The van der Waals surface area contributed by atoms with Gasteiger partial charge in [0, 0.05) is 6.07 Å². The van der Waals surface area contributed by atoms with E-state index >= 15 is 0 Å². The van der Waals surface area contributed by atoms with Crippen LogP contribution in [0.2, 0.25) is 0 Å². The predicted octanol–water partition coefficient (Wildman–Crippen LogP) is 2.93. The van der Waals surface area contributed by atoms with Crippen molar-refractivity contribution in [1.29, 1.82) is 0 Å². The Balaban J connectivity index is 2.19. The van der Waals surface area contributed by atoms with E-state index in [4.69, 9.17) is 18.9 Å². The first kappa shape index (κ1) is 14.7. The van der Waals surface area contributed by atoms with Crippen molar-refractivity contribution in [1.82, 2.24) is 0 Å². The summed E-state index contributed by atoms with van der Waals surface area (Å²) in [6, 6.07) is 11.7. The van der Waals surface area contributed by atoms with Crippen molar-refractivity contribution >= 4 is 5.97 Å². The third-order valence-electron chi connectivity index (χ3n) is 2.90. The van der Waals surface area contributed by atoms with Crippen LogP contribution in [0.4, 0.5) is 0 Å². The molecule has 5 heteroatoms. The van der Waals surface area contributed by atoms with Gasteiger partial charge in [-0.2, -0.15) is 0 Å². The third kappa shape index (κ3) is 3.45. The van der Waals surface area contributed by atoms with Crippen molar-refractivity contribution in [2.45, 2.75) is 0 Å². The monoisotopic (exact) mass is 288 g/mol. The Morgan fingerprint density at radius 2 is 1.33 bits per heavy atom. The predicted molar refractivity (Wildman–Crippen MR) is 77.5 cm³/mol. The lowest BCUT2D eigenvalue weighted by Gasteiger charge is -2.10. The summed E-state index contributed by atoms with van der Waals surface area (Å²) in [5.74, 6) is 1.62. The van der Waals surface area contributed by atoms with Gasteiger partial charge in [-0.15, -0.1) is 0 Å². The van der Waals surface area contributed by atoms with Crippen LogP contribution in [-0.4, -0.2) is 27.3 Å². The van der Waals surface area contributed by atoms with Gasteiger partial charge in [0.2, 0.25) is 0 Å². The molecular formula is C16H16O5. The molecule has 0 aliphatic carbocycles. The standard InChI is InChI=1S/C16H16O5/c1-18-11-4-6-12(7-5-11)21-16(17)14-9-8-13(19-2)10-15(14)20-3/h4-10H,1-3H3. The summed E-state index contributed by atoms with van der Waals surface area (Å²) >= 11 is 0. The highest BCUT2D eigenvalue weighted by Gasteiger charge is 2.15. The Morgan fingerprint density at radius 3 is 1.90 bits per heavy atom. The molecule has 0 N–H and O–H groups in total. The maximum atomic E-state index is 12.2. The first-order valence-corrected chi connectivity index (χ1v) is 6.26. The highest BCUT2D eigenvalue weighted by molar-refractivity contribution is 5.94. The number of methoxy groups -OCH3 is 3. The second kappa shape index (κ2) is 6.65. The van der Waals surface area contributed by atoms with E-state index < -0.39 is 5.97 Å². The highest BCUT2D eigenvalue weighted by atomic mass is 16.5. The molecule has 0 fully saturated rings. The topological polar surface area (TPSA) is 54.0 Å². The number of ether oxygens (including phenoxy) is 4. The zero-order valence-electron chi connectivity index (χ0n) is 12.1. The molecule has 21 heavy (non-hydrogen) atoms. The van der Waals surface area contributed by atoms with Crippen molar-refractivity contribution < 1.29 is 23.7 Å². The van der Waals surface area contributed by atoms with Crippen LogP contribution in [0.25, 0.3) is 0 Å². The van der Waals surface area contributed by atoms with Gasteiger partial charge in [0.1, 0.15) is 28.6 Å². The Labute approximate surface area is 123 Å². The van der Waals surface area contributed by atoms with Gasteiger partial charge in [-0.3, -0.25) is 0 Å². The highest BCUT2D eigenvalue weighted by Crippen LogP contribution is 2.26. The van der Waals surface area contributed by atoms with Gasteiger partial charge >= 0.3 is 5.97 Å². The molecule has 0 amide bonds. The first-order chi connectivity index (χ1) is 10.2. The number of carbonyl (C=O) groups excluding carboxylic acids is 1. The average molecular weight is 288 g/mol. The maximum Gasteiger partial charge on any atom is 0.347 e. The van der Waals surface area contributed by atoms with Crippen LogP contribution in [0.5, 0.6) is 23.0 Å². The summed E-state index contributed by atoms with van der Waals surface area (Å²) in [5, 5.41) is 0. The molecule has 0 radical (unpaired) electrons. The van der Waals surface area contributed by atoms with E-state index in [0.29, 0.717) is 28.6 Å². The van der Waals surface area contributed by atoms with Gasteiger partial charge in [-0.05, 0) is 36.4 Å². The molecule has 2 rings (SSSR count). The van der Waals surface area contributed by atoms with Crippen LogP contribution in [0.15, 0.2) is 42.5 Å². The van der Waals surface area contributed by atoms with Crippen molar-refractivity contribution in [3.05, 3.63) is 48.0 Å². The fourth-order valence-electron chi connectivity index (χ4n) is 1.77. The zero-order chi connectivity index (χ0) is 15.2. The fraction of sp³-hybridized carbons (Fsp3) is 0.188. The number of rotatable bonds is 5. The molecule has 2 aromatic rings. The lowest BCUT2D eigenvalue weighted by atomic mass is 10.2. The molecule has 0 unspecified atom stereocenters. The quantitative estimate of drug-likeness (QED) is 0.625. The van der Waals surface area contributed by atoms with E-state index in [1.165, 1.54) is 7.11 Å². The minimum absolute atomic E-state index is 0.328. The van der Waals surface area contributed by atoms with E-state index in [2.05, 4.69) is 0 Å². The van der Waals surface area contributed by atoms with Gasteiger partial charge in [-0.1, -0.05) is 0 Å². The van der Waals surface area contributed by atoms with Crippen LogP contribution < -0.4 is 18.9 Å². The first-order valence-electron chi connectivity index (χ1n) is 6.26. The summed E-state index contributed by atoms with van der Waals surface area (Å²) < 4.78 is 20.6. The molecule has 0 aromatic heterocycles. The largest absolute Gasteiger partial charge is 0.497 e. The molecule has 110 valence electrons. The van der Waals surface area contributed by atoms with E-state index in [0.717, 1.165) is 0 Å². The number of hydrogen-bond donors (Lipinski definition) is 0. The second-order valence-electron chi connectivity index (χ2n) is 4.13. The van der Waals surface area contributed by atoms with E-state index in [1.807, 2.05) is 0 Å². The molecule has 0 bridgehead atoms. The molecule has 2 aromatic carbocycles. The van der Waals surface area contributed by atoms with Gasteiger partial charge in [-0.25, -0.2) is 4.79 Å². The van der Waals surface area contributed by atoms with Crippen molar-refractivity contribution in [3.8, 4) is 23.0 Å². The zero-order valence-corrected chi connectivity index (χ0v) is 12.1. The smallest absolute Gasteiger partial charge is 0.347 e. The Kier molecular flexibility index (Phi) is 4.66. The van der Waals surface area contributed by atoms with Gasteiger partial charge in [0.05, 0.1) is 21.3 Å². The lowest BCUT2D eigenvalue weighted by Crippen LogP contribution is -2.10. The molecule has 0 aliphatic heterocycles. The fourth-order valence-corrected chi connectivity index (χ4v) is 1.77. The van der Waals surface area contributed by atoms with Gasteiger partial charge in [0.25, 0.3) is 0 Å². The number of benzene rings is 2. The van der Waals surface area contributed by atoms with Crippen molar-refractivity contribution in [3.63, 3.8) is 0 Å². The summed E-state index contributed by atoms with van der Waals surface area (Å²) in [4.78, 5) is 12.2. The van der Waals surface area contributed by atoms with Crippen LogP contribution in [-0.2, 0) is 0 Å². The normalized spacial score (nSPS) is 9.86. The summed E-state index contributed by atoms with van der Waals surface area (Å²) in [6.07, 6.45) is 0. The summed E-state index contributed by atoms with van der Waals surface area (Å²) in [7, 11) is 4.60. The molecule has 0 saturated carbocycles. The maximum absolute atomic E-state index is 12.2. The second-order valence-corrected chi connectivity index (χ2v) is 4.13. The average Bonchev–Trinajstić information content (AvgIpc) is 2.54. The van der Waals surface area contributed by atoms with E-state index in [-0.39, 0.29) is 0 Å². The van der Waals surface area contributed by atoms with Crippen LogP contribution in [0.1, 0.15) is 10.4 Å². The third-order valence-corrected chi connectivity index (χ3v) is 2.90. The van der Waals surface area contributed by atoms with Crippen LogP contribution in [0, 0.1) is 0 Å². The SMILES string of the molecule is COc1ccc(OC(=O)c2ccc(OC)cc2OC)cc1. The minimum Gasteiger partial charge on any atom is -0.497 e. The molecule has 0 saturated heterocycles. The molecule has 0 heterocycles. The van der Waals surface area contributed by atoms with Crippen molar-refractivity contribution in [2.75, 3.05) is 21.3 Å². The summed E-state index contributed by atoms with van der Waals surface area (Å²) in [5.41, 5.74) is 0.328. The minimum atomic E-state index is -0.500. The molecular weight excluding hydrogens is 272 g/mol. The molecule has 0 atom stereocenters. The Morgan fingerprint density at radius 1 is 0.762 bits per heavy atom. The molecule has 5 nitrogen and oxygen atoms in total. The number of carbonyl (C=O) groups is 1. The Hall–Kier alpha value is -2.69. The van der Waals surface area contributed by atoms with E-state index in [9.17, 15) is 4.79 Å². The number of esters is 1. The summed E-state index contributed by atoms with van der Waals surface area (Å²) in [6.45, 7) is 0. The molecule has 0 spiro atoms. The van der Waals surface area contributed by atoms with Crippen LogP contribution >= 0.6 is 0 Å².